The maximum absolute atomic E-state index is 13.5. The molecule has 0 saturated heterocycles. The third-order valence-corrected chi connectivity index (χ3v) is 34.9. The molecule has 13 aliphatic carbocycles. The fourth-order valence-corrected chi connectivity index (χ4v) is 29.6. The summed E-state index contributed by atoms with van der Waals surface area (Å²) in [4.78, 5) is 105. The maximum Gasteiger partial charge on any atom is 0.338 e. The van der Waals surface area contributed by atoms with Gasteiger partial charge in [-0.25, -0.2) is 28.8 Å². The molecule has 2 aromatic rings. The van der Waals surface area contributed by atoms with Crippen molar-refractivity contribution in [1.82, 2.24) is 0 Å². The Balaban J connectivity index is 0.440. The van der Waals surface area contributed by atoms with Gasteiger partial charge in [0.2, 0.25) is 0 Å². The molecule has 16 heteroatoms. The molecule has 13 fully saturated rings. The lowest BCUT2D eigenvalue weighted by molar-refractivity contribution is -0.147. The highest BCUT2D eigenvalue weighted by atomic mass is 16.6. The molecule has 121 heavy (non-hydrogen) atoms. The normalized spacial score (nSPS) is 35.0. The number of unbranched alkanes of at least 4 members (excludes halogenated alkanes) is 14. The van der Waals surface area contributed by atoms with Gasteiger partial charge in [0.1, 0.15) is 0 Å². The van der Waals surface area contributed by atoms with Crippen molar-refractivity contribution in [3.63, 3.8) is 0 Å². The molecule has 666 valence electrons. The van der Waals surface area contributed by atoms with Crippen LogP contribution in [0.3, 0.4) is 0 Å². The van der Waals surface area contributed by atoms with Gasteiger partial charge >= 0.3 is 47.8 Å². The van der Waals surface area contributed by atoms with Gasteiger partial charge < -0.3 is 37.9 Å². The number of hydrogen-bond donors (Lipinski definition) is 0. The van der Waals surface area contributed by atoms with Crippen molar-refractivity contribution in [2.24, 2.45) is 166 Å². The quantitative estimate of drug-likeness (QED) is 0.0261. The van der Waals surface area contributed by atoms with E-state index in [0.29, 0.717) is 236 Å². The van der Waals surface area contributed by atoms with Crippen LogP contribution in [0.4, 0.5) is 0 Å². The lowest BCUT2D eigenvalue weighted by atomic mass is 9.61. The Morgan fingerprint density at radius 1 is 0.322 bits per heavy atom. The van der Waals surface area contributed by atoms with Crippen molar-refractivity contribution in [2.75, 3.05) is 52.9 Å². The molecular formula is C105H150O16. The largest absolute Gasteiger partial charge is 0.465 e. The second-order valence-corrected chi connectivity index (χ2v) is 42.2. The summed E-state index contributed by atoms with van der Waals surface area (Å²) in [7, 11) is 0. The number of ether oxygens (including phenoxy) is 8. The number of rotatable bonds is 48. The van der Waals surface area contributed by atoms with Gasteiger partial charge in [0.15, 0.2) is 0 Å². The van der Waals surface area contributed by atoms with Gasteiger partial charge in [0.05, 0.1) is 75.1 Å². The van der Waals surface area contributed by atoms with E-state index in [1.54, 1.807) is 55.5 Å². The number of esters is 8. The average Bonchev–Trinajstić information content (AvgIpc) is 1.61. The van der Waals surface area contributed by atoms with Gasteiger partial charge in [-0.1, -0.05) is 155 Å². The molecule has 0 heterocycles. The number of hydrogen-bond acceptors (Lipinski definition) is 16. The molecule has 0 radical (unpaired) electrons. The second-order valence-electron chi connectivity index (χ2n) is 42.2. The lowest BCUT2D eigenvalue weighted by Gasteiger charge is -2.44. The minimum atomic E-state index is -0.401. The second kappa shape index (κ2) is 42.8. The number of fused-ring (bicyclic) bond motifs is 20. The lowest BCUT2D eigenvalue weighted by Crippen LogP contribution is -2.35. The van der Waals surface area contributed by atoms with Crippen molar-refractivity contribution >= 4 is 47.8 Å². The highest BCUT2D eigenvalue weighted by Gasteiger charge is 2.60. The van der Waals surface area contributed by atoms with Crippen LogP contribution < -0.4 is 0 Å². The molecule has 0 N–H and O–H groups in total. The maximum atomic E-state index is 13.5. The molecule has 2 aromatic carbocycles. The van der Waals surface area contributed by atoms with Gasteiger partial charge in [-0.15, -0.1) is 0 Å². The van der Waals surface area contributed by atoms with Crippen molar-refractivity contribution in [3.8, 4) is 0 Å². The number of carbonyl (C=O) groups is 8. The Kier molecular flexibility index (Phi) is 31.6. The van der Waals surface area contributed by atoms with E-state index in [2.05, 4.69) is 27.0 Å². The minimum absolute atomic E-state index is 0.0369. The molecule has 16 nitrogen and oxygen atoms in total. The van der Waals surface area contributed by atoms with Gasteiger partial charge in [-0.05, 0) is 350 Å². The molecule has 13 aliphatic rings. The average molecular weight is 1670 g/mol. The highest BCUT2D eigenvalue weighted by molar-refractivity contribution is 5.96. The molecule has 8 bridgehead atoms. The molecule has 0 aliphatic heterocycles. The number of benzene rings is 2. The summed E-state index contributed by atoms with van der Waals surface area (Å²) >= 11 is 0. The van der Waals surface area contributed by atoms with Crippen molar-refractivity contribution in [2.45, 2.75) is 290 Å². The van der Waals surface area contributed by atoms with Crippen LogP contribution in [0.5, 0.6) is 0 Å². The van der Waals surface area contributed by atoms with Crippen LogP contribution in [0.2, 0.25) is 0 Å². The van der Waals surface area contributed by atoms with E-state index < -0.39 is 23.9 Å². The van der Waals surface area contributed by atoms with Crippen LogP contribution in [0, 0.1) is 166 Å². The van der Waals surface area contributed by atoms with Crippen LogP contribution in [-0.2, 0) is 57.1 Å². The van der Waals surface area contributed by atoms with Crippen LogP contribution >= 0.6 is 0 Å². The fourth-order valence-electron chi connectivity index (χ4n) is 29.6. The van der Waals surface area contributed by atoms with Crippen molar-refractivity contribution < 1.29 is 76.3 Å². The van der Waals surface area contributed by atoms with E-state index in [-0.39, 0.29) is 23.9 Å². The Hall–Kier alpha value is -6.32. The molecule has 20 unspecified atom stereocenters. The zero-order chi connectivity index (χ0) is 84.0. The topological polar surface area (TPSA) is 210 Å². The van der Waals surface area contributed by atoms with Crippen LogP contribution in [0.25, 0.3) is 0 Å². The summed E-state index contributed by atoms with van der Waals surface area (Å²) in [5.41, 5.74) is 1.92. The standard InChI is InChI=1S/C105H150O16/c1-6-9-11-13-14-20-28-71-38-37-70(27-19-12-10-7-2)84(33-21-15-17-23-35-99(107)115-61-80-49-76-53-90(80)95-45-68(41-88(76)95)59-118-102(110)72-29-25-31-74(47-72)104(112)120-63-82-51-78-55-92(82)94-43-66(39-86(78)94)57-114-98(106)8-3)85(71)34-22-16-18-24-36-100(108)116-62-81-50-77-54-91(81)96-46-69(42-89(77)96)60-119-103(111)73-30-26-32-75(48-73)105(113)121-64-83-52-79-56-93(83)97-44-67(40-87(79)97)58-117-101(109)65(4)5/h8,25-26,29-32,47-48,66-71,76-97H,3-4,6-7,9-24,27-28,33-46,49-64H2,1-2,5H3/t66?,67?,68?,69?,70?,71?,76?,77?,78?,79?,80?,81?,82?,83?,84?,85?,86-,87-,88+,89+,90?,91?,92?,93?,94-,95+,96+,97-/m0/s1. The predicted octanol–water partition coefficient (Wildman–Crippen LogP) is 22.8. The molecule has 15 rings (SSSR count). The van der Waals surface area contributed by atoms with E-state index in [4.69, 9.17) is 37.9 Å². The summed E-state index contributed by atoms with van der Waals surface area (Å²) in [6.07, 6.45) is 50.2. The zero-order valence-corrected chi connectivity index (χ0v) is 74.2. The smallest absolute Gasteiger partial charge is 0.338 e. The summed E-state index contributed by atoms with van der Waals surface area (Å²) in [5, 5.41) is 0. The molecule has 0 amide bonds. The Bertz CT molecular complexity index is 3840. The molecule has 13 saturated carbocycles. The van der Waals surface area contributed by atoms with Crippen LogP contribution in [0.15, 0.2) is 73.3 Å². The van der Waals surface area contributed by atoms with E-state index in [9.17, 15) is 38.4 Å². The molecule has 28 atom stereocenters. The van der Waals surface area contributed by atoms with E-state index in [1.807, 2.05) is 0 Å². The first-order chi connectivity index (χ1) is 58.9. The SMILES string of the molecule is C=CC(=O)OCC1C[C@@H]2C3CC(CC3COC(=O)c3cccc(C(=O)OCC4C[C@@H]5C6CC(COC(=O)CCCCCCC7C(CCCCCC)CCC(CCCCCCCC)C7CCCCCCC(=O)OCC7CC8CC7[C@@H]7CC(COC(=O)c9cccc(C(=O)OCC%10CC%11CC%10[C@H]%10CC(COC(=O)C(=C)C)C[C@@H]%11%10)c9)C[C@H]87)C(C6)[C@@H]5C4)c3)[C@@H]2C1. The molecule has 0 spiro atoms. The fraction of sp³-hybridized carbons (Fsp3) is 0.771. The summed E-state index contributed by atoms with van der Waals surface area (Å²) < 4.78 is 47.1. The van der Waals surface area contributed by atoms with Gasteiger partial charge in [0, 0.05) is 24.5 Å². The first-order valence-corrected chi connectivity index (χ1v) is 49.8. The third-order valence-electron chi connectivity index (χ3n) is 34.9. The summed E-state index contributed by atoms with van der Waals surface area (Å²) in [6.45, 7) is 17.1. The van der Waals surface area contributed by atoms with Crippen LogP contribution in [0.1, 0.15) is 332 Å². The first-order valence-electron chi connectivity index (χ1n) is 49.8. The van der Waals surface area contributed by atoms with Crippen LogP contribution in [-0.4, -0.2) is 101 Å². The van der Waals surface area contributed by atoms with E-state index >= 15 is 0 Å². The van der Waals surface area contributed by atoms with Crippen molar-refractivity contribution in [3.05, 3.63) is 95.6 Å². The predicted molar refractivity (Wildman–Crippen MR) is 466 cm³/mol. The highest BCUT2D eigenvalue weighted by Crippen LogP contribution is 2.66. The van der Waals surface area contributed by atoms with Gasteiger partial charge in [-0.2, -0.15) is 0 Å². The Labute approximate surface area is 724 Å². The van der Waals surface area contributed by atoms with Gasteiger partial charge in [0.25, 0.3) is 0 Å². The first kappa shape index (κ1) is 89.5. The summed E-state index contributed by atoms with van der Waals surface area (Å²) in [5.74, 6) is 13.5. The Morgan fingerprint density at radius 3 is 0.975 bits per heavy atom. The third kappa shape index (κ3) is 22.2. The number of carbonyl (C=O) groups excluding carboxylic acids is 8. The van der Waals surface area contributed by atoms with Gasteiger partial charge in [-0.3, -0.25) is 9.59 Å². The minimum Gasteiger partial charge on any atom is -0.465 e. The molecular weight excluding hydrogens is 1520 g/mol. The monoisotopic (exact) mass is 1670 g/mol. The van der Waals surface area contributed by atoms with E-state index in [0.717, 1.165) is 126 Å². The van der Waals surface area contributed by atoms with Crippen molar-refractivity contribution in [1.29, 1.82) is 0 Å². The van der Waals surface area contributed by atoms with E-state index in [1.165, 1.54) is 160 Å². The summed E-state index contributed by atoms with van der Waals surface area (Å²) in [6, 6.07) is 13.6. The zero-order valence-electron chi connectivity index (χ0n) is 74.2. The Morgan fingerprint density at radius 2 is 0.620 bits per heavy atom. The molecule has 0 aromatic heterocycles.